The third-order valence-electron chi connectivity index (χ3n) is 3.12. The maximum atomic E-state index is 11.7. The predicted octanol–water partition coefficient (Wildman–Crippen LogP) is 0.601. The van der Waals surface area contributed by atoms with E-state index in [-0.39, 0.29) is 11.8 Å². The number of amides is 1. The molecule has 98 valence electrons. The quantitative estimate of drug-likeness (QED) is 0.659. The van der Waals surface area contributed by atoms with E-state index in [1.807, 2.05) is 0 Å². The normalized spacial score (nSPS) is 22.2. The summed E-state index contributed by atoms with van der Waals surface area (Å²) < 4.78 is 0. The van der Waals surface area contributed by atoms with Gasteiger partial charge in [-0.15, -0.1) is 0 Å². The van der Waals surface area contributed by atoms with Crippen molar-refractivity contribution >= 4 is 11.9 Å². The van der Waals surface area contributed by atoms with E-state index >= 15 is 0 Å². The SMILES string of the molecule is CC(C)C(NC(=O)CC1CCCNC1)C(=O)O. The van der Waals surface area contributed by atoms with Crippen molar-refractivity contribution < 1.29 is 14.7 Å². The van der Waals surface area contributed by atoms with Crippen LogP contribution in [0.2, 0.25) is 0 Å². The van der Waals surface area contributed by atoms with Gasteiger partial charge in [-0.05, 0) is 37.8 Å². The van der Waals surface area contributed by atoms with E-state index in [9.17, 15) is 9.59 Å². The van der Waals surface area contributed by atoms with E-state index in [2.05, 4.69) is 10.6 Å². The Hall–Kier alpha value is -1.10. The van der Waals surface area contributed by atoms with Crippen LogP contribution in [0.15, 0.2) is 0 Å². The molecule has 2 atom stereocenters. The predicted molar refractivity (Wildman–Crippen MR) is 64.6 cm³/mol. The Morgan fingerprint density at radius 1 is 1.47 bits per heavy atom. The average molecular weight is 242 g/mol. The minimum atomic E-state index is -0.963. The first-order chi connectivity index (χ1) is 8.00. The molecule has 1 saturated heterocycles. The number of nitrogens with one attached hydrogen (secondary N) is 2. The maximum Gasteiger partial charge on any atom is 0.326 e. The number of hydrogen-bond donors (Lipinski definition) is 3. The van der Waals surface area contributed by atoms with Gasteiger partial charge in [-0.2, -0.15) is 0 Å². The highest BCUT2D eigenvalue weighted by Crippen LogP contribution is 2.14. The van der Waals surface area contributed by atoms with Crippen LogP contribution in [0.25, 0.3) is 0 Å². The van der Waals surface area contributed by atoms with Crippen LogP contribution in [-0.2, 0) is 9.59 Å². The Labute approximate surface area is 102 Å². The van der Waals surface area contributed by atoms with E-state index in [1.165, 1.54) is 0 Å². The molecule has 0 aromatic heterocycles. The number of aliphatic carboxylic acids is 1. The van der Waals surface area contributed by atoms with Gasteiger partial charge in [0, 0.05) is 6.42 Å². The fourth-order valence-corrected chi connectivity index (χ4v) is 2.11. The van der Waals surface area contributed by atoms with Crippen LogP contribution < -0.4 is 10.6 Å². The molecule has 0 aromatic rings. The van der Waals surface area contributed by atoms with E-state index in [1.54, 1.807) is 13.8 Å². The lowest BCUT2D eigenvalue weighted by Gasteiger charge is -2.24. The van der Waals surface area contributed by atoms with Gasteiger partial charge >= 0.3 is 5.97 Å². The highest BCUT2D eigenvalue weighted by molar-refractivity contribution is 5.83. The molecule has 0 radical (unpaired) electrons. The van der Waals surface area contributed by atoms with Gasteiger partial charge in [-0.1, -0.05) is 13.8 Å². The van der Waals surface area contributed by atoms with Gasteiger partial charge in [0.1, 0.15) is 6.04 Å². The number of carbonyl (C=O) groups excluding carboxylic acids is 1. The van der Waals surface area contributed by atoms with Crippen LogP contribution in [0.1, 0.15) is 33.1 Å². The molecule has 1 amide bonds. The van der Waals surface area contributed by atoms with Crippen LogP contribution >= 0.6 is 0 Å². The van der Waals surface area contributed by atoms with E-state index in [4.69, 9.17) is 5.11 Å². The molecule has 1 heterocycles. The Balaban J connectivity index is 2.38. The van der Waals surface area contributed by atoms with Crippen LogP contribution in [-0.4, -0.2) is 36.1 Å². The van der Waals surface area contributed by atoms with Crippen molar-refractivity contribution in [2.45, 2.75) is 39.2 Å². The Kier molecular flexibility index (Phi) is 5.41. The van der Waals surface area contributed by atoms with Gasteiger partial charge in [0.05, 0.1) is 0 Å². The van der Waals surface area contributed by atoms with Crippen LogP contribution in [0.5, 0.6) is 0 Å². The van der Waals surface area contributed by atoms with E-state index in [0.717, 1.165) is 25.9 Å². The van der Waals surface area contributed by atoms with Crippen LogP contribution in [0.4, 0.5) is 0 Å². The third kappa shape index (κ3) is 4.73. The minimum Gasteiger partial charge on any atom is -0.480 e. The van der Waals surface area contributed by atoms with Gasteiger partial charge < -0.3 is 15.7 Å². The molecule has 1 rings (SSSR count). The summed E-state index contributed by atoms with van der Waals surface area (Å²) >= 11 is 0. The lowest BCUT2D eigenvalue weighted by atomic mass is 9.95. The Bertz CT molecular complexity index is 273. The lowest BCUT2D eigenvalue weighted by molar-refractivity contribution is -0.143. The molecule has 1 fully saturated rings. The summed E-state index contributed by atoms with van der Waals surface area (Å²) in [5, 5.41) is 14.8. The molecule has 0 aliphatic carbocycles. The van der Waals surface area contributed by atoms with Crippen molar-refractivity contribution in [1.29, 1.82) is 0 Å². The van der Waals surface area contributed by atoms with Gasteiger partial charge in [-0.25, -0.2) is 4.79 Å². The van der Waals surface area contributed by atoms with Crippen LogP contribution in [0.3, 0.4) is 0 Å². The topological polar surface area (TPSA) is 78.4 Å². The summed E-state index contributed by atoms with van der Waals surface area (Å²) in [7, 11) is 0. The smallest absolute Gasteiger partial charge is 0.326 e. The molecule has 0 aromatic carbocycles. The number of carboxylic acids is 1. The van der Waals surface area contributed by atoms with E-state index in [0.29, 0.717) is 12.3 Å². The molecule has 5 heteroatoms. The maximum absolute atomic E-state index is 11.7. The van der Waals surface area contributed by atoms with Crippen molar-refractivity contribution in [1.82, 2.24) is 10.6 Å². The molecule has 2 unspecified atom stereocenters. The molecule has 0 saturated carbocycles. The molecule has 5 nitrogen and oxygen atoms in total. The summed E-state index contributed by atoms with van der Waals surface area (Å²) in [4.78, 5) is 22.7. The molecule has 0 bridgehead atoms. The fourth-order valence-electron chi connectivity index (χ4n) is 2.11. The minimum absolute atomic E-state index is 0.0964. The van der Waals surface area contributed by atoms with Gasteiger partial charge in [0.2, 0.25) is 5.91 Å². The van der Waals surface area contributed by atoms with Gasteiger partial charge in [-0.3, -0.25) is 4.79 Å². The van der Waals surface area contributed by atoms with Crippen molar-refractivity contribution in [3.63, 3.8) is 0 Å². The zero-order chi connectivity index (χ0) is 12.8. The molecular weight excluding hydrogens is 220 g/mol. The van der Waals surface area contributed by atoms with Crippen molar-refractivity contribution in [2.75, 3.05) is 13.1 Å². The molecule has 0 spiro atoms. The van der Waals surface area contributed by atoms with E-state index < -0.39 is 12.0 Å². The first kappa shape index (κ1) is 14.0. The van der Waals surface area contributed by atoms with Crippen molar-refractivity contribution in [2.24, 2.45) is 11.8 Å². The average Bonchev–Trinajstić information content (AvgIpc) is 2.26. The van der Waals surface area contributed by atoms with Crippen LogP contribution in [0, 0.1) is 11.8 Å². The molecule has 1 aliphatic rings. The monoisotopic (exact) mass is 242 g/mol. The summed E-state index contributed by atoms with van der Waals surface area (Å²) in [6.07, 6.45) is 2.55. The number of piperidine rings is 1. The summed E-state index contributed by atoms with van der Waals surface area (Å²) in [5.41, 5.74) is 0. The first-order valence-electron chi connectivity index (χ1n) is 6.23. The second kappa shape index (κ2) is 6.59. The van der Waals surface area contributed by atoms with Gasteiger partial charge in [0.25, 0.3) is 0 Å². The Morgan fingerprint density at radius 2 is 2.18 bits per heavy atom. The Morgan fingerprint density at radius 3 is 2.65 bits per heavy atom. The first-order valence-corrected chi connectivity index (χ1v) is 6.23. The second-order valence-electron chi connectivity index (χ2n) is 5.04. The zero-order valence-electron chi connectivity index (χ0n) is 10.5. The standard InChI is InChI=1S/C12H22N2O3/c1-8(2)11(12(16)17)14-10(15)6-9-4-3-5-13-7-9/h8-9,11,13H,3-7H2,1-2H3,(H,14,15)(H,16,17). The number of rotatable bonds is 5. The number of hydrogen-bond acceptors (Lipinski definition) is 3. The number of carbonyl (C=O) groups is 2. The second-order valence-corrected chi connectivity index (χ2v) is 5.04. The molecule has 3 N–H and O–H groups in total. The van der Waals surface area contributed by atoms with Crippen molar-refractivity contribution in [3.8, 4) is 0 Å². The third-order valence-corrected chi connectivity index (χ3v) is 3.12. The molecular formula is C12H22N2O3. The lowest BCUT2D eigenvalue weighted by Crippen LogP contribution is -2.45. The summed E-state index contributed by atoms with van der Waals surface area (Å²) in [5.74, 6) is -0.874. The highest BCUT2D eigenvalue weighted by atomic mass is 16.4. The largest absolute Gasteiger partial charge is 0.480 e. The zero-order valence-corrected chi connectivity index (χ0v) is 10.5. The fraction of sp³-hybridized carbons (Fsp3) is 0.833. The van der Waals surface area contributed by atoms with Gasteiger partial charge in [0.15, 0.2) is 0 Å². The number of carboxylic acid groups (broad SMARTS) is 1. The molecule has 1 aliphatic heterocycles. The highest BCUT2D eigenvalue weighted by Gasteiger charge is 2.25. The summed E-state index contributed by atoms with van der Waals surface area (Å²) in [6.45, 7) is 5.46. The molecule has 17 heavy (non-hydrogen) atoms. The summed E-state index contributed by atoms with van der Waals surface area (Å²) in [6, 6.07) is -0.779. The van der Waals surface area contributed by atoms with Crippen molar-refractivity contribution in [3.05, 3.63) is 0 Å².